The minimum atomic E-state index is -4.19. The maximum Gasteiger partial charge on any atom is 0.411 e. The van der Waals surface area contributed by atoms with Crippen LogP contribution in [0.15, 0.2) is 0 Å². The van der Waals surface area contributed by atoms with Gasteiger partial charge in [0.05, 0.1) is 0 Å². The van der Waals surface area contributed by atoms with Crippen LogP contribution < -0.4 is 0 Å². The van der Waals surface area contributed by atoms with Crippen molar-refractivity contribution < 1.29 is 17.9 Å². The Hall–Kier alpha value is 0.230. The van der Waals surface area contributed by atoms with Crippen molar-refractivity contribution in [1.29, 1.82) is 0 Å². The van der Waals surface area contributed by atoms with Crippen molar-refractivity contribution in [2.24, 2.45) is 5.92 Å². The molecule has 0 aromatic carbocycles. The summed E-state index contributed by atoms with van der Waals surface area (Å²) in [6.07, 6.45) is 1.09. The smallest absolute Gasteiger partial charge is 0.372 e. The van der Waals surface area contributed by atoms with Crippen LogP contribution in [0.25, 0.3) is 0 Å². The molecule has 0 aliphatic heterocycles. The van der Waals surface area contributed by atoms with Crippen LogP contribution in [0.3, 0.4) is 0 Å². The third kappa shape index (κ3) is 7.17. The molecule has 0 N–H and O–H groups in total. The summed E-state index contributed by atoms with van der Waals surface area (Å²) in [4.78, 5) is 0.556. The molecule has 1 unspecified atom stereocenters. The normalized spacial score (nSPS) is 19.2. The predicted molar refractivity (Wildman–Crippen MR) is 56.2 cm³/mol. The molecule has 0 spiro atoms. The average molecular weight is 289 g/mol. The number of hydrogen-bond donors (Lipinski definition) is 0. The summed E-state index contributed by atoms with van der Waals surface area (Å²) < 4.78 is 39.5. The molecule has 0 saturated heterocycles. The van der Waals surface area contributed by atoms with Gasteiger partial charge in [-0.2, -0.15) is 13.2 Å². The van der Waals surface area contributed by atoms with Crippen LogP contribution in [-0.4, -0.2) is 24.2 Å². The van der Waals surface area contributed by atoms with Crippen LogP contribution in [0.4, 0.5) is 13.2 Å². The zero-order chi connectivity index (χ0) is 11.3. The molecule has 1 aliphatic rings. The van der Waals surface area contributed by atoms with E-state index >= 15 is 0 Å². The Balaban J connectivity index is 1.84. The fourth-order valence-electron chi connectivity index (χ4n) is 1.42. The Bertz CT molecular complexity index is 180. The van der Waals surface area contributed by atoms with Crippen molar-refractivity contribution in [2.75, 3.05) is 13.2 Å². The maximum absolute atomic E-state index is 11.7. The first kappa shape index (κ1) is 13.3. The van der Waals surface area contributed by atoms with Gasteiger partial charge in [-0.1, -0.05) is 22.4 Å². The Morgan fingerprint density at radius 3 is 2.47 bits per heavy atom. The maximum atomic E-state index is 11.7. The summed E-state index contributed by atoms with van der Waals surface area (Å²) in [7, 11) is 0. The summed E-state index contributed by atoms with van der Waals surface area (Å²) >= 11 is 3.58. The monoisotopic (exact) mass is 288 g/mol. The first-order valence-corrected chi connectivity index (χ1v) is 6.19. The van der Waals surface area contributed by atoms with E-state index in [4.69, 9.17) is 0 Å². The largest absolute Gasteiger partial charge is 0.411 e. The van der Waals surface area contributed by atoms with Crippen molar-refractivity contribution in [2.45, 2.75) is 43.1 Å². The lowest BCUT2D eigenvalue weighted by molar-refractivity contribution is -0.174. The van der Waals surface area contributed by atoms with Gasteiger partial charge in [0.2, 0.25) is 0 Å². The van der Waals surface area contributed by atoms with Gasteiger partial charge in [-0.3, -0.25) is 0 Å². The lowest BCUT2D eigenvalue weighted by Gasteiger charge is -2.09. The summed E-state index contributed by atoms with van der Waals surface area (Å²) in [5.41, 5.74) is 0. The topological polar surface area (TPSA) is 9.23 Å². The van der Waals surface area contributed by atoms with Crippen LogP contribution in [0.2, 0.25) is 0 Å². The molecular formula is C10H16BrF3O. The highest BCUT2D eigenvalue weighted by atomic mass is 79.9. The van der Waals surface area contributed by atoms with E-state index < -0.39 is 12.8 Å². The SMILES string of the molecule is FC(F)(F)COCCCCC(Br)C1CC1. The Kier molecular flexibility index (Phi) is 5.39. The van der Waals surface area contributed by atoms with Crippen molar-refractivity contribution in [3.05, 3.63) is 0 Å². The van der Waals surface area contributed by atoms with Crippen LogP contribution >= 0.6 is 15.9 Å². The minimum Gasteiger partial charge on any atom is -0.372 e. The van der Waals surface area contributed by atoms with E-state index in [1.54, 1.807) is 0 Å². The van der Waals surface area contributed by atoms with Gasteiger partial charge >= 0.3 is 6.18 Å². The van der Waals surface area contributed by atoms with Gasteiger partial charge in [0.25, 0.3) is 0 Å². The van der Waals surface area contributed by atoms with E-state index in [2.05, 4.69) is 20.7 Å². The fraction of sp³-hybridized carbons (Fsp3) is 1.00. The number of rotatable bonds is 7. The molecule has 1 rings (SSSR count). The highest BCUT2D eigenvalue weighted by Crippen LogP contribution is 2.38. The van der Waals surface area contributed by atoms with Gasteiger partial charge in [-0.05, 0) is 31.6 Å². The second kappa shape index (κ2) is 6.09. The third-order valence-electron chi connectivity index (χ3n) is 2.42. The summed E-state index contributed by atoms with van der Waals surface area (Å²) in [5.74, 6) is 0.807. The average Bonchev–Trinajstić information content (AvgIpc) is 2.91. The molecule has 0 aromatic rings. The first-order chi connectivity index (χ1) is 6.99. The molecule has 0 bridgehead atoms. The van der Waals surface area contributed by atoms with Crippen LogP contribution in [0, 0.1) is 5.92 Å². The van der Waals surface area contributed by atoms with Crippen molar-refractivity contribution in [1.82, 2.24) is 0 Å². The molecule has 0 heterocycles. The zero-order valence-electron chi connectivity index (χ0n) is 8.52. The summed E-state index contributed by atoms with van der Waals surface area (Å²) in [6, 6.07) is 0. The molecule has 5 heteroatoms. The third-order valence-corrected chi connectivity index (χ3v) is 3.62. The predicted octanol–water partition coefficient (Wildman–Crippen LogP) is 3.91. The fourth-order valence-corrected chi connectivity index (χ4v) is 2.28. The molecule has 1 fully saturated rings. The molecule has 1 aliphatic carbocycles. The molecule has 0 amide bonds. The molecule has 1 atom stereocenters. The quantitative estimate of drug-likeness (QED) is 0.510. The molecule has 15 heavy (non-hydrogen) atoms. The summed E-state index contributed by atoms with van der Waals surface area (Å²) in [6.45, 7) is -0.905. The highest BCUT2D eigenvalue weighted by Gasteiger charge is 2.29. The molecule has 90 valence electrons. The van der Waals surface area contributed by atoms with Crippen LogP contribution in [0.5, 0.6) is 0 Å². The van der Waals surface area contributed by atoms with E-state index in [0.717, 1.165) is 18.8 Å². The van der Waals surface area contributed by atoms with Crippen molar-refractivity contribution in [3.8, 4) is 0 Å². The van der Waals surface area contributed by atoms with E-state index in [1.165, 1.54) is 12.8 Å². The number of halogens is 4. The zero-order valence-corrected chi connectivity index (χ0v) is 10.1. The second-order valence-electron chi connectivity index (χ2n) is 4.02. The Morgan fingerprint density at radius 1 is 1.27 bits per heavy atom. The van der Waals surface area contributed by atoms with E-state index in [1.807, 2.05) is 0 Å². The van der Waals surface area contributed by atoms with E-state index in [9.17, 15) is 13.2 Å². The lowest BCUT2D eigenvalue weighted by atomic mass is 10.1. The Morgan fingerprint density at radius 2 is 1.93 bits per heavy atom. The number of unbranched alkanes of at least 4 members (excludes halogenated alkanes) is 1. The van der Waals surface area contributed by atoms with Gasteiger partial charge in [0, 0.05) is 11.4 Å². The molecule has 0 radical (unpaired) electrons. The molecule has 0 aromatic heterocycles. The number of ether oxygens (including phenoxy) is 1. The first-order valence-electron chi connectivity index (χ1n) is 5.27. The Labute approximate surface area is 96.5 Å². The van der Waals surface area contributed by atoms with Gasteiger partial charge < -0.3 is 4.74 Å². The van der Waals surface area contributed by atoms with Gasteiger partial charge in [0.1, 0.15) is 6.61 Å². The van der Waals surface area contributed by atoms with E-state index in [0.29, 0.717) is 11.2 Å². The second-order valence-corrected chi connectivity index (χ2v) is 5.19. The molecular weight excluding hydrogens is 273 g/mol. The summed E-state index contributed by atoms with van der Waals surface area (Å²) in [5, 5.41) is 0. The molecule has 1 saturated carbocycles. The van der Waals surface area contributed by atoms with Crippen molar-refractivity contribution in [3.63, 3.8) is 0 Å². The standard InChI is InChI=1S/C10H16BrF3O/c11-9(8-4-5-8)3-1-2-6-15-7-10(12,13)14/h8-9H,1-7H2. The van der Waals surface area contributed by atoms with Gasteiger partial charge in [-0.25, -0.2) is 0 Å². The minimum absolute atomic E-state index is 0.212. The molecule has 1 nitrogen and oxygen atoms in total. The lowest BCUT2D eigenvalue weighted by Crippen LogP contribution is -2.17. The van der Waals surface area contributed by atoms with E-state index in [-0.39, 0.29) is 6.61 Å². The number of alkyl halides is 4. The number of hydrogen-bond acceptors (Lipinski definition) is 1. The van der Waals surface area contributed by atoms with Crippen molar-refractivity contribution >= 4 is 15.9 Å². The van der Waals surface area contributed by atoms with Gasteiger partial charge in [-0.15, -0.1) is 0 Å². The van der Waals surface area contributed by atoms with Gasteiger partial charge in [0.15, 0.2) is 0 Å². The highest BCUT2D eigenvalue weighted by molar-refractivity contribution is 9.09. The van der Waals surface area contributed by atoms with Crippen LogP contribution in [0.1, 0.15) is 32.1 Å². The van der Waals surface area contributed by atoms with Crippen LogP contribution in [-0.2, 0) is 4.74 Å².